The van der Waals surface area contributed by atoms with E-state index in [1.165, 1.54) is 11.3 Å². The van der Waals surface area contributed by atoms with Crippen LogP contribution in [-0.2, 0) is 4.74 Å². The summed E-state index contributed by atoms with van der Waals surface area (Å²) in [6, 6.07) is 10.5. The van der Waals surface area contributed by atoms with Gasteiger partial charge in [-0.2, -0.15) is 0 Å². The maximum Gasteiger partial charge on any atom is 0.265 e. The Bertz CT molecular complexity index is 716. The van der Waals surface area contributed by atoms with Gasteiger partial charge in [0.05, 0.1) is 17.6 Å². The van der Waals surface area contributed by atoms with Crippen molar-refractivity contribution in [3.63, 3.8) is 0 Å². The average molecular weight is 359 g/mol. The first-order chi connectivity index (χ1) is 12.1. The van der Waals surface area contributed by atoms with Crippen LogP contribution in [0.1, 0.15) is 20.0 Å². The van der Waals surface area contributed by atoms with Gasteiger partial charge in [-0.3, -0.25) is 9.59 Å². The van der Waals surface area contributed by atoms with Gasteiger partial charge in [0.15, 0.2) is 0 Å². The minimum absolute atomic E-state index is 0.0204. The van der Waals surface area contributed by atoms with E-state index in [0.29, 0.717) is 29.3 Å². The summed E-state index contributed by atoms with van der Waals surface area (Å²) in [6.45, 7) is 2.91. The standard InChI is InChI=1S/C18H21N3O3S/c1-21-8-9-24-15(12-21)11-19-17(22)13-4-6-14(7-5-13)20-18(23)16-3-2-10-25-16/h2-7,10,15H,8-9,11-12H2,1H3,(H,19,22)(H,20,23). The van der Waals surface area contributed by atoms with Gasteiger partial charge in [0.2, 0.25) is 0 Å². The summed E-state index contributed by atoms with van der Waals surface area (Å²) >= 11 is 1.39. The highest BCUT2D eigenvalue weighted by Gasteiger charge is 2.18. The molecule has 1 aromatic heterocycles. The number of rotatable bonds is 5. The van der Waals surface area contributed by atoms with Crippen LogP contribution in [0.2, 0.25) is 0 Å². The van der Waals surface area contributed by atoms with Crippen molar-refractivity contribution in [3.05, 3.63) is 52.2 Å². The Kier molecular flexibility index (Phi) is 5.80. The van der Waals surface area contributed by atoms with E-state index in [9.17, 15) is 9.59 Å². The Labute approximate surface area is 150 Å². The summed E-state index contributed by atoms with van der Waals surface area (Å²) in [5.41, 5.74) is 1.21. The van der Waals surface area contributed by atoms with Crippen LogP contribution >= 0.6 is 11.3 Å². The second-order valence-corrected chi connectivity index (χ2v) is 6.92. The fourth-order valence-corrected chi connectivity index (χ4v) is 3.22. The lowest BCUT2D eigenvalue weighted by molar-refractivity contribution is -0.0175. The molecule has 0 spiro atoms. The van der Waals surface area contributed by atoms with Gasteiger partial charge in [-0.15, -0.1) is 11.3 Å². The lowest BCUT2D eigenvalue weighted by atomic mass is 10.2. The van der Waals surface area contributed by atoms with Gasteiger partial charge in [0.25, 0.3) is 11.8 Å². The highest BCUT2D eigenvalue weighted by molar-refractivity contribution is 7.12. The molecule has 2 N–H and O–H groups in total. The molecule has 1 aliphatic heterocycles. The predicted molar refractivity (Wildman–Crippen MR) is 98.3 cm³/mol. The van der Waals surface area contributed by atoms with Crippen molar-refractivity contribution >= 4 is 28.8 Å². The third kappa shape index (κ3) is 4.88. The van der Waals surface area contributed by atoms with Crippen LogP contribution in [0.25, 0.3) is 0 Å². The molecule has 0 radical (unpaired) electrons. The number of carbonyl (C=O) groups excluding carboxylic acids is 2. The van der Waals surface area contributed by atoms with Crippen LogP contribution in [0.3, 0.4) is 0 Å². The molecule has 1 fully saturated rings. The first-order valence-corrected chi connectivity index (χ1v) is 9.03. The molecule has 2 heterocycles. The topological polar surface area (TPSA) is 70.7 Å². The maximum atomic E-state index is 12.2. The van der Waals surface area contributed by atoms with E-state index in [2.05, 4.69) is 15.5 Å². The highest BCUT2D eigenvalue weighted by atomic mass is 32.1. The van der Waals surface area contributed by atoms with Crippen molar-refractivity contribution in [2.45, 2.75) is 6.10 Å². The molecule has 7 heteroatoms. The quantitative estimate of drug-likeness (QED) is 0.857. The monoisotopic (exact) mass is 359 g/mol. The Hall–Kier alpha value is -2.22. The smallest absolute Gasteiger partial charge is 0.265 e. The second-order valence-electron chi connectivity index (χ2n) is 5.97. The minimum Gasteiger partial charge on any atom is -0.374 e. The van der Waals surface area contributed by atoms with E-state index in [-0.39, 0.29) is 17.9 Å². The van der Waals surface area contributed by atoms with Gasteiger partial charge in [-0.1, -0.05) is 6.07 Å². The van der Waals surface area contributed by atoms with Gasteiger partial charge in [-0.25, -0.2) is 0 Å². The van der Waals surface area contributed by atoms with E-state index < -0.39 is 0 Å². The Morgan fingerprint density at radius 1 is 1.24 bits per heavy atom. The molecule has 0 bridgehead atoms. The van der Waals surface area contributed by atoms with Crippen LogP contribution in [0.4, 0.5) is 5.69 Å². The van der Waals surface area contributed by atoms with E-state index in [1.807, 2.05) is 18.5 Å². The third-order valence-electron chi connectivity index (χ3n) is 3.98. The van der Waals surface area contributed by atoms with E-state index >= 15 is 0 Å². The number of thiophene rings is 1. The van der Waals surface area contributed by atoms with E-state index in [4.69, 9.17) is 4.74 Å². The number of hydrogen-bond acceptors (Lipinski definition) is 5. The summed E-state index contributed by atoms with van der Waals surface area (Å²) in [5, 5.41) is 7.57. The molecule has 1 unspecified atom stereocenters. The molecule has 1 aliphatic rings. The number of nitrogens with zero attached hydrogens (tertiary/aromatic N) is 1. The fourth-order valence-electron chi connectivity index (χ4n) is 2.60. The van der Waals surface area contributed by atoms with Crippen LogP contribution in [0.15, 0.2) is 41.8 Å². The minimum atomic E-state index is -0.147. The number of morpholine rings is 1. The summed E-state index contributed by atoms with van der Waals surface area (Å²) in [6.07, 6.45) is 0.0204. The van der Waals surface area contributed by atoms with Crippen LogP contribution in [0.5, 0.6) is 0 Å². The Morgan fingerprint density at radius 2 is 2.04 bits per heavy atom. The first kappa shape index (κ1) is 17.6. The molecule has 1 aromatic carbocycles. The Balaban J connectivity index is 1.51. The number of hydrogen-bond donors (Lipinski definition) is 2. The molecule has 1 atom stereocenters. The molecular formula is C18H21N3O3S. The lowest BCUT2D eigenvalue weighted by Crippen LogP contribution is -2.45. The molecular weight excluding hydrogens is 338 g/mol. The molecule has 2 amide bonds. The van der Waals surface area contributed by atoms with Crippen molar-refractivity contribution in [2.24, 2.45) is 0 Å². The van der Waals surface area contributed by atoms with Crippen LogP contribution in [-0.4, -0.2) is 56.1 Å². The molecule has 2 aromatic rings. The number of ether oxygens (including phenoxy) is 1. The van der Waals surface area contributed by atoms with Gasteiger partial charge < -0.3 is 20.3 Å². The highest BCUT2D eigenvalue weighted by Crippen LogP contribution is 2.14. The summed E-state index contributed by atoms with van der Waals surface area (Å²) in [4.78, 5) is 27.1. The number of likely N-dealkylation sites (N-methyl/N-ethyl adjacent to an activating group) is 1. The van der Waals surface area contributed by atoms with Crippen LogP contribution in [0, 0.1) is 0 Å². The lowest BCUT2D eigenvalue weighted by Gasteiger charge is -2.30. The van der Waals surface area contributed by atoms with Crippen molar-refractivity contribution < 1.29 is 14.3 Å². The summed E-state index contributed by atoms with van der Waals surface area (Å²) in [5.74, 6) is -0.293. The van der Waals surface area contributed by atoms with Gasteiger partial charge in [0, 0.05) is 30.9 Å². The van der Waals surface area contributed by atoms with E-state index in [1.54, 1.807) is 30.3 Å². The number of amides is 2. The zero-order valence-corrected chi connectivity index (χ0v) is 14.8. The van der Waals surface area contributed by atoms with Crippen molar-refractivity contribution in [1.29, 1.82) is 0 Å². The van der Waals surface area contributed by atoms with Gasteiger partial charge in [-0.05, 0) is 42.8 Å². The summed E-state index contributed by atoms with van der Waals surface area (Å²) < 4.78 is 5.63. The normalized spacial score (nSPS) is 17.9. The number of anilines is 1. The second kappa shape index (κ2) is 8.24. The SMILES string of the molecule is CN1CCOC(CNC(=O)c2ccc(NC(=O)c3cccs3)cc2)C1. The molecule has 132 valence electrons. The van der Waals surface area contributed by atoms with E-state index in [0.717, 1.165) is 13.1 Å². The fraction of sp³-hybridized carbons (Fsp3) is 0.333. The molecule has 0 aliphatic carbocycles. The molecule has 1 saturated heterocycles. The molecule has 3 rings (SSSR count). The number of benzene rings is 1. The largest absolute Gasteiger partial charge is 0.374 e. The van der Waals surface area contributed by atoms with Crippen molar-refractivity contribution in [3.8, 4) is 0 Å². The first-order valence-electron chi connectivity index (χ1n) is 8.15. The van der Waals surface area contributed by atoms with Crippen molar-refractivity contribution in [1.82, 2.24) is 10.2 Å². The average Bonchev–Trinajstić information content (AvgIpc) is 3.15. The Morgan fingerprint density at radius 3 is 2.72 bits per heavy atom. The predicted octanol–water partition coefficient (Wildman–Crippen LogP) is 2.06. The zero-order chi connectivity index (χ0) is 17.6. The van der Waals surface area contributed by atoms with Gasteiger partial charge in [0.1, 0.15) is 0 Å². The summed E-state index contributed by atoms with van der Waals surface area (Å²) in [7, 11) is 2.04. The number of nitrogens with one attached hydrogen (secondary N) is 2. The maximum absolute atomic E-state index is 12.2. The molecule has 0 saturated carbocycles. The molecule has 25 heavy (non-hydrogen) atoms. The number of carbonyl (C=O) groups is 2. The van der Waals surface area contributed by atoms with Crippen molar-refractivity contribution in [2.75, 3.05) is 38.6 Å². The zero-order valence-electron chi connectivity index (χ0n) is 14.0. The van der Waals surface area contributed by atoms with Gasteiger partial charge >= 0.3 is 0 Å². The van der Waals surface area contributed by atoms with Crippen LogP contribution < -0.4 is 10.6 Å². The third-order valence-corrected chi connectivity index (χ3v) is 4.85. The molecule has 6 nitrogen and oxygen atoms in total.